The van der Waals surface area contributed by atoms with Crippen LogP contribution in [0.4, 0.5) is 0 Å². The van der Waals surface area contributed by atoms with Gasteiger partial charge in [-0.05, 0) is 44.9 Å². The molecule has 2 aliphatic rings. The standard InChI is InChI=1S/C45H78O15/c1-3-5-7-9-11-12-13-14-15-16-17-18-19-20-22-23-25-27-36(47)55-30-33(58-37(48)28-26-24-21-10-8-6-4-2)31-56-44-43(54)41(52)39(50)35(60-44)32-57-45-42(53)40(51)38(49)34(29-46)59-45/h14-15,17-18,20,22,33-35,38-46,49-54H,3-13,16,19,21,23-32H2,1-2H3/b15-14+,18-17+,22-20+/t33-,34+,35+,38-,39-,40?,41?,42?,43?,44+,45+/m0/s1. The van der Waals surface area contributed by atoms with E-state index >= 15 is 0 Å². The molecule has 0 amide bonds. The Morgan fingerprint density at radius 1 is 0.533 bits per heavy atom. The Balaban J connectivity index is 1.84. The molecule has 0 spiro atoms. The zero-order valence-electron chi connectivity index (χ0n) is 36.2. The molecule has 0 bridgehead atoms. The van der Waals surface area contributed by atoms with E-state index in [1.165, 1.54) is 44.9 Å². The Kier molecular flexibility index (Phi) is 29.9. The number of aliphatic hydroxyl groups excluding tert-OH is 7. The van der Waals surface area contributed by atoms with Crippen molar-refractivity contribution >= 4 is 11.9 Å². The summed E-state index contributed by atoms with van der Waals surface area (Å²) >= 11 is 0. The number of carbonyl (C=O) groups excluding carboxylic acids is 2. The van der Waals surface area contributed by atoms with E-state index in [0.717, 1.165) is 51.4 Å². The molecule has 2 aliphatic heterocycles. The molecule has 0 aromatic carbocycles. The highest BCUT2D eigenvalue weighted by Crippen LogP contribution is 2.26. The summed E-state index contributed by atoms with van der Waals surface area (Å²) in [7, 11) is 0. The van der Waals surface area contributed by atoms with Gasteiger partial charge in [-0.25, -0.2) is 0 Å². The molecule has 2 heterocycles. The maximum absolute atomic E-state index is 12.8. The molecule has 15 nitrogen and oxygen atoms in total. The number of ether oxygens (including phenoxy) is 6. The molecule has 0 aromatic rings. The highest BCUT2D eigenvalue weighted by atomic mass is 16.7. The lowest BCUT2D eigenvalue weighted by molar-refractivity contribution is -0.332. The van der Waals surface area contributed by atoms with Crippen LogP contribution in [0.15, 0.2) is 36.5 Å². The molecule has 15 heteroatoms. The fourth-order valence-corrected chi connectivity index (χ4v) is 6.82. The van der Waals surface area contributed by atoms with E-state index in [1.807, 2.05) is 6.08 Å². The van der Waals surface area contributed by atoms with Gasteiger partial charge in [-0.15, -0.1) is 0 Å². The predicted octanol–water partition coefficient (Wildman–Crippen LogP) is 4.59. The maximum atomic E-state index is 12.8. The summed E-state index contributed by atoms with van der Waals surface area (Å²) in [5.41, 5.74) is 0. The van der Waals surface area contributed by atoms with Gasteiger partial charge in [-0.1, -0.05) is 121 Å². The van der Waals surface area contributed by atoms with E-state index in [-0.39, 0.29) is 19.4 Å². The number of hydrogen-bond acceptors (Lipinski definition) is 15. The Labute approximate surface area is 357 Å². The SMILES string of the molecule is CCCCCCCC/C=C/C/C=C/C/C=C/CCCC(=O)OC[C@@H](CO[C@@H]1O[C@H](CO[C@@H]2O[C@H](CO)[C@H](O)C(O)C2O)[C@H](O)C(O)C1O)OC(=O)CCCCCCCCC. The van der Waals surface area contributed by atoms with Gasteiger partial charge in [-0.2, -0.15) is 0 Å². The Morgan fingerprint density at radius 3 is 1.62 bits per heavy atom. The number of aliphatic hydroxyl groups is 7. The third kappa shape index (κ3) is 22.2. The largest absolute Gasteiger partial charge is 0.462 e. The first kappa shape index (κ1) is 53.9. The summed E-state index contributed by atoms with van der Waals surface area (Å²) in [4.78, 5) is 25.4. The summed E-state index contributed by atoms with van der Waals surface area (Å²) in [6, 6.07) is 0. The van der Waals surface area contributed by atoms with E-state index in [9.17, 15) is 45.3 Å². The summed E-state index contributed by atoms with van der Waals surface area (Å²) in [6.45, 7) is 2.44. The minimum atomic E-state index is -1.77. The zero-order valence-corrected chi connectivity index (χ0v) is 36.2. The second-order valence-electron chi connectivity index (χ2n) is 15.9. The van der Waals surface area contributed by atoms with Crippen LogP contribution in [-0.4, -0.2) is 142 Å². The van der Waals surface area contributed by atoms with Crippen molar-refractivity contribution in [3.63, 3.8) is 0 Å². The zero-order chi connectivity index (χ0) is 44.0. The molecular formula is C45H78O15. The van der Waals surface area contributed by atoms with E-state index in [4.69, 9.17) is 28.4 Å². The van der Waals surface area contributed by atoms with Gasteiger partial charge in [-0.3, -0.25) is 9.59 Å². The molecule has 11 atom stereocenters. The smallest absolute Gasteiger partial charge is 0.306 e. The number of esters is 2. The summed E-state index contributed by atoms with van der Waals surface area (Å²) < 4.78 is 33.3. The topological polar surface area (TPSA) is 231 Å². The lowest BCUT2D eigenvalue weighted by Gasteiger charge is -2.42. The highest BCUT2D eigenvalue weighted by Gasteiger charge is 2.47. The number of carbonyl (C=O) groups is 2. The van der Waals surface area contributed by atoms with Gasteiger partial charge in [0.2, 0.25) is 0 Å². The maximum Gasteiger partial charge on any atom is 0.306 e. The van der Waals surface area contributed by atoms with Gasteiger partial charge in [0.25, 0.3) is 0 Å². The van der Waals surface area contributed by atoms with Crippen molar-refractivity contribution in [2.75, 3.05) is 26.4 Å². The number of rotatable bonds is 33. The summed E-state index contributed by atoms with van der Waals surface area (Å²) in [5, 5.41) is 71.7. The van der Waals surface area contributed by atoms with E-state index in [1.54, 1.807) is 0 Å². The second kappa shape index (κ2) is 33.3. The van der Waals surface area contributed by atoms with Crippen LogP contribution in [-0.2, 0) is 38.0 Å². The third-order valence-corrected chi connectivity index (χ3v) is 10.6. The molecular weight excluding hydrogens is 780 g/mol. The van der Waals surface area contributed by atoms with Crippen LogP contribution < -0.4 is 0 Å². The fourth-order valence-electron chi connectivity index (χ4n) is 6.82. The molecule has 0 aromatic heterocycles. The minimum absolute atomic E-state index is 0.147. The van der Waals surface area contributed by atoms with Gasteiger partial charge in [0.05, 0.1) is 19.8 Å². The van der Waals surface area contributed by atoms with Crippen LogP contribution in [0.3, 0.4) is 0 Å². The van der Waals surface area contributed by atoms with Gasteiger partial charge in [0.15, 0.2) is 18.7 Å². The van der Waals surface area contributed by atoms with E-state index < -0.39 is 99.3 Å². The summed E-state index contributed by atoms with van der Waals surface area (Å²) in [6.07, 6.45) is 15.2. The van der Waals surface area contributed by atoms with Crippen LogP contribution in [0.2, 0.25) is 0 Å². The lowest BCUT2D eigenvalue weighted by atomic mass is 9.98. The second-order valence-corrected chi connectivity index (χ2v) is 15.9. The first-order chi connectivity index (χ1) is 29.0. The van der Waals surface area contributed by atoms with Crippen molar-refractivity contribution in [1.29, 1.82) is 0 Å². The van der Waals surface area contributed by atoms with Gasteiger partial charge >= 0.3 is 11.9 Å². The molecule has 0 aliphatic carbocycles. The number of hydrogen-bond donors (Lipinski definition) is 7. The van der Waals surface area contributed by atoms with Gasteiger partial charge in [0, 0.05) is 12.8 Å². The predicted molar refractivity (Wildman–Crippen MR) is 224 cm³/mol. The lowest BCUT2D eigenvalue weighted by Crippen LogP contribution is -2.61. The molecule has 0 saturated carbocycles. The third-order valence-electron chi connectivity index (χ3n) is 10.6. The van der Waals surface area contributed by atoms with Gasteiger partial charge < -0.3 is 64.2 Å². The Bertz CT molecular complexity index is 1200. The van der Waals surface area contributed by atoms with E-state index in [2.05, 4.69) is 44.2 Å². The first-order valence-corrected chi connectivity index (χ1v) is 22.6. The van der Waals surface area contributed by atoms with Crippen LogP contribution >= 0.6 is 0 Å². The van der Waals surface area contributed by atoms with Crippen molar-refractivity contribution in [2.45, 2.75) is 210 Å². The van der Waals surface area contributed by atoms with Crippen molar-refractivity contribution in [1.82, 2.24) is 0 Å². The first-order valence-electron chi connectivity index (χ1n) is 22.6. The minimum Gasteiger partial charge on any atom is -0.462 e. The molecule has 0 radical (unpaired) electrons. The van der Waals surface area contributed by atoms with Gasteiger partial charge in [0.1, 0.15) is 55.4 Å². The fraction of sp³-hybridized carbons (Fsp3) is 0.822. The molecule has 7 N–H and O–H groups in total. The molecule has 60 heavy (non-hydrogen) atoms. The Hall–Kier alpha value is -2.28. The molecule has 2 saturated heterocycles. The average molecular weight is 859 g/mol. The number of unbranched alkanes of at least 4 members (excludes halogenated alkanes) is 13. The van der Waals surface area contributed by atoms with Crippen LogP contribution in [0, 0.1) is 0 Å². The highest BCUT2D eigenvalue weighted by molar-refractivity contribution is 5.70. The van der Waals surface area contributed by atoms with E-state index in [0.29, 0.717) is 19.3 Å². The van der Waals surface area contributed by atoms with Crippen molar-refractivity contribution < 1.29 is 73.8 Å². The molecule has 4 unspecified atom stereocenters. The molecule has 2 fully saturated rings. The van der Waals surface area contributed by atoms with Crippen LogP contribution in [0.1, 0.15) is 142 Å². The number of allylic oxidation sites excluding steroid dienone is 6. The quantitative estimate of drug-likeness (QED) is 0.0272. The van der Waals surface area contributed by atoms with Crippen molar-refractivity contribution in [3.8, 4) is 0 Å². The Morgan fingerprint density at radius 2 is 1.02 bits per heavy atom. The van der Waals surface area contributed by atoms with Crippen LogP contribution in [0.25, 0.3) is 0 Å². The normalized spacial score (nSPS) is 27.9. The molecule has 348 valence electrons. The summed E-state index contributed by atoms with van der Waals surface area (Å²) in [5.74, 6) is -0.995. The average Bonchev–Trinajstić information content (AvgIpc) is 3.24. The van der Waals surface area contributed by atoms with Crippen molar-refractivity contribution in [2.24, 2.45) is 0 Å². The molecule has 2 rings (SSSR count). The monoisotopic (exact) mass is 859 g/mol. The van der Waals surface area contributed by atoms with Crippen molar-refractivity contribution in [3.05, 3.63) is 36.5 Å². The van der Waals surface area contributed by atoms with Crippen LogP contribution in [0.5, 0.6) is 0 Å².